The maximum atomic E-state index is 13.4. The molecule has 0 fully saturated rings. The van der Waals surface area contributed by atoms with Crippen LogP contribution in [0.2, 0.25) is 0 Å². The van der Waals surface area contributed by atoms with E-state index in [-0.39, 0.29) is 40.1 Å². The van der Waals surface area contributed by atoms with Gasteiger partial charge in [0, 0.05) is 4.90 Å². The Morgan fingerprint density at radius 2 is 1.23 bits per heavy atom. The van der Waals surface area contributed by atoms with Gasteiger partial charge in [0.1, 0.15) is 12.4 Å². The van der Waals surface area contributed by atoms with Crippen LogP contribution in [0.5, 0.6) is 5.75 Å². The smallest absolute Gasteiger partial charge is 0.446 e. The van der Waals surface area contributed by atoms with Crippen LogP contribution in [-0.4, -0.2) is 17.2 Å². The van der Waals surface area contributed by atoms with E-state index in [2.05, 4.69) is 5.32 Å². The first kappa shape index (κ1) is 33.2. The second-order valence-electron chi connectivity index (χ2n) is 9.64. The van der Waals surface area contributed by atoms with Crippen molar-refractivity contribution in [3.63, 3.8) is 0 Å². The molecule has 4 aromatic rings. The van der Waals surface area contributed by atoms with Crippen molar-refractivity contribution in [1.82, 2.24) is 5.32 Å². The molecule has 0 aliphatic heterocycles. The molecular formula is C31H24F9NO2S. The summed E-state index contributed by atoms with van der Waals surface area (Å²) in [6.07, 6.45) is -9.19. The standard InChI is InChI=1S/C31H24F9NO2S/c32-29(33,34)23-9-1-5-19(13-23)18-43-25-11-3-7-21(15-25)28(22-8-4-12-26(16-22)44-31(38,39)40)41-27(17-42)20-6-2-10-24(14-20)30(35,36)37/h1-16,27-28,41-42H,17-18H2. The van der Waals surface area contributed by atoms with Crippen molar-refractivity contribution in [2.45, 2.75) is 41.4 Å². The van der Waals surface area contributed by atoms with Gasteiger partial charge in [-0.15, -0.1) is 0 Å². The largest absolute Gasteiger partial charge is 0.489 e. The average molecular weight is 646 g/mol. The molecule has 2 N–H and O–H groups in total. The van der Waals surface area contributed by atoms with Gasteiger partial charge < -0.3 is 9.84 Å². The third-order valence-electron chi connectivity index (χ3n) is 6.44. The van der Waals surface area contributed by atoms with E-state index in [0.717, 1.165) is 24.3 Å². The Balaban J connectivity index is 1.68. The van der Waals surface area contributed by atoms with Gasteiger partial charge in [-0.25, -0.2) is 0 Å². The third-order valence-corrected chi connectivity index (χ3v) is 7.16. The fourth-order valence-electron chi connectivity index (χ4n) is 4.45. The fraction of sp³-hybridized carbons (Fsp3) is 0.226. The van der Waals surface area contributed by atoms with Gasteiger partial charge in [-0.2, -0.15) is 39.5 Å². The number of hydrogen-bond acceptors (Lipinski definition) is 4. The van der Waals surface area contributed by atoms with Crippen molar-refractivity contribution >= 4 is 11.8 Å². The minimum atomic E-state index is -4.65. The van der Waals surface area contributed by atoms with Crippen molar-refractivity contribution in [3.05, 3.63) is 130 Å². The average Bonchev–Trinajstić information content (AvgIpc) is 2.95. The van der Waals surface area contributed by atoms with Gasteiger partial charge in [-0.05, 0) is 82.5 Å². The molecule has 0 aromatic heterocycles. The molecule has 3 nitrogen and oxygen atoms in total. The monoisotopic (exact) mass is 645 g/mol. The van der Waals surface area contributed by atoms with E-state index >= 15 is 0 Å². The first-order chi connectivity index (χ1) is 20.6. The van der Waals surface area contributed by atoms with Crippen LogP contribution in [0.4, 0.5) is 39.5 Å². The number of aliphatic hydroxyl groups excluding tert-OH is 1. The number of benzene rings is 4. The van der Waals surface area contributed by atoms with Crippen LogP contribution in [0.15, 0.2) is 102 Å². The highest BCUT2D eigenvalue weighted by Gasteiger charge is 2.33. The highest BCUT2D eigenvalue weighted by molar-refractivity contribution is 8.00. The molecule has 0 saturated carbocycles. The lowest BCUT2D eigenvalue weighted by molar-refractivity contribution is -0.138. The molecule has 0 amide bonds. The molecule has 0 aliphatic carbocycles. The van der Waals surface area contributed by atoms with Crippen molar-refractivity contribution in [1.29, 1.82) is 0 Å². The molecule has 0 spiro atoms. The summed E-state index contributed by atoms with van der Waals surface area (Å²) in [4.78, 5) is -0.140. The number of thioether (sulfide) groups is 1. The zero-order valence-corrected chi connectivity index (χ0v) is 23.3. The van der Waals surface area contributed by atoms with E-state index in [1.165, 1.54) is 60.7 Å². The minimum Gasteiger partial charge on any atom is -0.489 e. The fourth-order valence-corrected chi connectivity index (χ4v) is 5.06. The molecule has 234 valence electrons. The van der Waals surface area contributed by atoms with Gasteiger partial charge in [0.2, 0.25) is 0 Å². The lowest BCUT2D eigenvalue weighted by atomic mass is 9.95. The Morgan fingerprint density at radius 3 is 1.86 bits per heavy atom. The molecule has 0 heterocycles. The normalized spacial score (nSPS) is 13.9. The minimum absolute atomic E-state index is 0.0881. The van der Waals surface area contributed by atoms with Gasteiger partial charge in [-0.1, -0.05) is 48.5 Å². The number of hydrogen-bond donors (Lipinski definition) is 2. The van der Waals surface area contributed by atoms with Crippen LogP contribution in [0, 0.1) is 0 Å². The maximum Gasteiger partial charge on any atom is 0.446 e. The van der Waals surface area contributed by atoms with Gasteiger partial charge in [0.05, 0.1) is 29.8 Å². The summed E-state index contributed by atoms with van der Waals surface area (Å²) in [5.41, 5.74) is -5.33. The van der Waals surface area contributed by atoms with Gasteiger partial charge in [-0.3, -0.25) is 5.32 Å². The van der Waals surface area contributed by atoms with Crippen LogP contribution in [0.1, 0.15) is 45.5 Å². The molecule has 0 aliphatic rings. The van der Waals surface area contributed by atoms with Crippen LogP contribution < -0.4 is 10.1 Å². The van der Waals surface area contributed by atoms with Crippen LogP contribution in [0.25, 0.3) is 0 Å². The lowest BCUT2D eigenvalue weighted by Gasteiger charge is -2.27. The molecule has 0 saturated heterocycles. The number of halogens is 9. The summed E-state index contributed by atoms with van der Waals surface area (Å²) in [6.45, 7) is -0.882. The van der Waals surface area contributed by atoms with E-state index in [1.807, 2.05) is 0 Å². The van der Waals surface area contributed by atoms with E-state index in [1.54, 1.807) is 12.1 Å². The molecule has 2 unspecified atom stereocenters. The summed E-state index contributed by atoms with van der Waals surface area (Å²) < 4.78 is 125. The Bertz CT molecular complexity index is 1550. The topological polar surface area (TPSA) is 41.5 Å². The van der Waals surface area contributed by atoms with E-state index in [9.17, 15) is 44.6 Å². The predicted molar refractivity (Wildman–Crippen MR) is 147 cm³/mol. The van der Waals surface area contributed by atoms with E-state index in [0.29, 0.717) is 11.1 Å². The summed E-state index contributed by atoms with van der Waals surface area (Å²) >= 11 is -0.342. The quantitative estimate of drug-likeness (QED) is 0.133. The number of ether oxygens (including phenoxy) is 1. The SMILES string of the molecule is OCC(NC(c1cccc(OCc2cccc(C(F)(F)F)c2)c1)c1cccc(SC(F)(F)F)c1)c1cccc(C(F)(F)F)c1. The van der Waals surface area contributed by atoms with Gasteiger partial charge in [0.25, 0.3) is 0 Å². The van der Waals surface area contributed by atoms with E-state index in [4.69, 9.17) is 4.74 Å². The highest BCUT2D eigenvalue weighted by atomic mass is 32.2. The summed E-state index contributed by atoms with van der Waals surface area (Å²) in [5, 5.41) is 13.2. The highest BCUT2D eigenvalue weighted by Crippen LogP contribution is 2.39. The molecular weight excluding hydrogens is 621 g/mol. The zero-order chi connectivity index (χ0) is 32.1. The first-order valence-electron chi connectivity index (χ1n) is 12.9. The van der Waals surface area contributed by atoms with Crippen LogP contribution in [-0.2, 0) is 19.0 Å². The lowest BCUT2D eigenvalue weighted by Crippen LogP contribution is -2.30. The Morgan fingerprint density at radius 1 is 0.659 bits per heavy atom. The Kier molecular flexibility index (Phi) is 10.2. The Hall–Kier alpha value is -3.68. The van der Waals surface area contributed by atoms with Crippen molar-refractivity contribution in [2.75, 3.05) is 6.61 Å². The zero-order valence-electron chi connectivity index (χ0n) is 22.5. The number of rotatable bonds is 10. The predicted octanol–water partition coefficient (Wildman–Crippen LogP) is 9.33. The molecule has 4 rings (SSSR count). The molecule has 2 atom stereocenters. The molecule has 0 bridgehead atoms. The van der Waals surface area contributed by atoms with Crippen LogP contribution >= 0.6 is 11.8 Å². The van der Waals surface area contributed by atoms with Crippen molar-refractivity contribution < 1.29 is 49.4 Å². The molecule has 0 radical (unpaired) electrons. The first-order valence-corrected chi connectivity index (χ1v) is 13.7. The summed E-state index contributed by atoms with van der Waals surface area (Å²) in [7, 11) is 0. The van der Waals surface area contributed by atoms with Gasteiger partial charge >= 0.3 is 17.9 Å². The molecule has 13 heteroatoms. The number of nitrogens with one attached hydrogen (secondary N) is 1. The van der Waals surface area contributed by atoms with Crippen molar-refractivity contribution in [2.24, 2.45) is 0 Å². The Labute approximate surface area is 250 Å². The van der Waals surface area contributed by atoms with Crippen molar-refractivity contribution in [3.8, 4) is 5.75 Å². The third kappa shape index (κ3) is 9.16. The molecule has 44 heavy (non-hydrogen) atoms. The van der Waals surface area contributed by atoms with Gasteiger partial charge in [0.15, 0.2) is 0 Å². The summed E-state index contributed by atoms with van der Waals surface area (Å²) in [5.74, 6) is 0.215. The molecule has 4 aromatic carbocycles. The summed E-state index contributed by atoms with van der Waals surface area (Å²) in [6, 6.07) is 18.5. The second kappa shape index (κ2) is 13.5. The number of aliphatic hydroxyl groups is 1. The van der Waals surface area contributed by atoms with Crippen LogP contribution in [0.3, 0.4) is 0 Å². The van der Waals surface area contributed by atoms with E-state index < -0.39 is 47.7 Å². The maximum absolute atomic E-state index is 13.4. The second-order valence-corrected chi connectivity index (χ2v) is 10.8. The number of alkyl halides is 9.